The molecule has 3 aromatic rings. The molecular formula is C27H27F2N3O4S. The van der Waals surface area contributed by atoms with Gasteiger partial charge in [-0.3, -0.25) is 9.69 Å². The van der Waals surface area contributed by atoms with E-state index in [2.05, 4.69) is 4.90 Å². The summed E-state index contributed by atoms with van der Waals surface area (Å²) in [6.07, 6.45) is 1.61. The number of hydrogen-bond acceptors (Lipinski definition) is 5. The van der Waals surface area contributed by atoms with Gasteiger partial charge in [0.15, 0.2) is 22.5 Å². The number of carbonyl (C=O) groups is 2. The van der Waals surface area contributed by atoms with Crippen molar-refractivity contribution < 1.29 is 28.6 Å². The fourth-order valence-corrected chi connectivity index (χ4v) is 4.21. The molecule has 10 heteroatoms. The molecule has 7 nitrogen and oxygen atoms in total. The van der Waals surface area contributed by atoms with Crippen LogP contribution in [0.3, 0.4) is 0 Å². The summed E-state index contributed by atoms with van der Waals surface area (Å²) in [5.41, 5.74) is 6.56. The third-order valence-electron chi connectivity index (χ3n) is 6.01. The number of likely N-dealkylation sites (tertiary alicyclic amines) is 1. The molecule has 0 amide bonds. The van der Waals surface area contributed by atoms with Gasteiger partial charge in [-0.1, -0.05) is 30.3 Å². The second kappa shape index (κ2) is 12.4. The van der Waals surface area contributed by atoms with Crippen molar-refractivity contribution in [3.05, 3.63) is 89.5 Å². The molecule has 0 atom stereocenters. The number of nitrogens with zero attached hydrogens (tertiary/aromatic N) is 2. The van der Waals surface area contributed by atoms with E-state index in [4.69, 9.17) is 28.2 Å². The standard InChI is InChI=1S/C20H21F2N3OS.C7H6O3/c1-24-10-8-13(9-11-24)19(26)14-4-2-5-15(12-14)25(20(23)27)17-7-3-6-16(21)18(17)22;8-6-4-2-1-3-5(6)7(9)10/h2-7,12-13H,8-11H2,1H3,(H2,23,27);1-4,8H,(H,9,10). The Bertz CT molecular complexity index is 1300. The van der Waals surface area contributed by atoms with Crippen molar-refractivity contribution in [2.24, 2.45) is 11.7 Å². The maximum Gasteiger partial charge on any atom is 0.339 e. The fraction of sp³-hybridized carbons (Fsp3) is 0.222. The minimum absolute atomic E-state index is 0.0411. The Morgan fingerprint density at radius 1 is 1.03 bits per heavy atom. The van der Waals surface area contributed by atoms with Gasteiger partial charge in [0.1, 0.15) is 11.3 Å². The number of rotatable bonds is 5. The second-order valence-electron chi connectivity index (χ2n) is 8.56. The van der Waals surface area contributed by atoms with Gasteiger partial charge < -0.3 is 20.8 Å². The molecule has 0 saturated carbocycles. The van der Waals surface area contributed by atoms with Crippen molar-refractivity contribution in [1.82, 2.24) is 4.90 Å². The number of thiocarbonyl (C=S) groups is 1. The normalized spacial score (nSPS) is 13.8. The van der Waals surface area contributed by atoms with Gasteiger partial charge in [-0.05, 0) is 81.6 Å². The quantitative estimate of drug-likeness (QED) is 0.316. The first-order valence-corrected chi connectivity index (χ1v) is 11.9. The van der Waals surface area contributed by atoms with E-state index < -0.39 is 17.6 Å². The lowest BCUT2D eigenvalue weighted by Crippen LogP contribution is -2.34. The molecule has 0 radical (unpaired) electrons. The zero-order chi connectivity index (χ0) is 27.1. The zero-order valence-electron chi connectivity index (χ0n) is 20.1. The Labute approximate surface area is 218 Å². The summed E-state index contributed by atoms with van der Waals surface area (Å²) in [5, 5.41) is 17.2. The Hall–Kier alpha value is -3.89. The average Bonchev–Trinajstić information content (AvgIpc) is 2.87. The van der Waals surface area contributed by atoms with Crippen LogP contribution in [-0.2, 0) is 0 Å². The minimum atomic E-state index is -1.11. The molecule has 194 valence electrons. The van der Waals surface area contributed by atoms with Gasteiger partial charge in [-0.25, -0.2) is 13.6 Å². The molecule has 0 aromatic heterocycles. The van der Waals surface area contributed by atoms with E-state index in [0.29, 0.717) is 11.3 Å². The van der Waals surface area contributed by atoms with E-state index in [0.717, 1.165) is 32.0 Å². The lowest BCUT2D eigenvalue weighted by molar-refractivity contribution is 0.0693. The van der Waals surface area contributed by atoms with Crippen molar-refractivity contribution >= 4 is 40.5 Å². The SMILES string of the molecule is CN1CCC(C(=O)c2cccc(N(C(N)=S)c3cccc(F)c3F)c2)CC1.O=C(O)c1ccccc1O. The third kappa shape index (κ3) is 6.87. The largest absolute Gasteiger partial charge is 0.507 e. The number of phenols is 1. The number of hydrogen-bond donors (Lipinski definition) is 3. The molecule has 1 fully saturated rings. The number of carbonyl (C=O) groups excluding carboxylic acids is 1. The Morgan fingerprint density at radius 3 is 2.27 bits per heavy atom. The number of carboxylic acid groups (broad SMARTS) is 1. The average molecular weight is 528 g/mol. The maximum atomic E-state index is 14.3. The molecule has 1 heterocycles. The second-order valence-corrected chi connectivity index (χ2v) is 8.98. The molecule has 0 spiro atoms. The van der Waals surface area contributed by atoms with Crippen LogP contribution in [0.25, 0.3) is 0 Å². The molecule has 1 aliphatic rings. The van der Waals surface area contributed by atoms with Crippen molar-refractivity contribution in [3.63, 3.8) is 0 Å². The third-order valence-corrected chi connectivity index (χ3v) is 6.19. The van der Waals surface area contributed by atoms with Gasteiger partial charge in [-0.15, -0.1) is 0 Å². The number of benzene rings is 3. The molecule has 37 heavy (non-hydrogen) atoms. The number of Topliss-reactive ketones (excluding diaryl/α,β-unsaturated/α-hetero) is 1. The smallest absolute Gasteiger partial charge is 0.339 e. The number of nitrogens with two attached hydrogens (primary N) is 1. The number of aromatic carboxylic acids is 1. The lowest BCUT2D eigenvalue weighted by Gasteiger charge is -2.28. The van der Waals surface area contributed by atoms with E-state index in [1.165, 1.54) is 29.2 Å². The molecule has 1 saturated heterocycles. The number of piperidine rings is 1. The van der Waals surface area contributed by atoms with Gasteiger partial charge >= 0.3 is 5.97 Å². The van der Waals surface area contributed by atoms with Crippen molar-refractivity contribution in [2.45, 2.75) is 12.8 Å². The predicted molar refractivity (Wildman–Crippen MR) is 141 cm³/mol. The highest BCUT2D eigenvalue weighted by Gasteiger charge is 2.26. The summed E-state index contributed by atoms with van der Waals surface area (Å²) in [4.78, 5) is 26.6. The summed E-state index contributed by atoms with van der Waals surface area (Å²) < 4.78 is 27.9. The van der Waals surface area contributed by atoms with E-state index >= 15 is 0 Å². The van der Waals surface area contributed by atoms with Crippen molar-refractivity contribution in [3.8, 4) is 5.75 Å². The summed E-state index contributed by atoms with van der Waals surface area (Å²) in [6.45, 7) is 1.76. The monoisotopic (exact) mass is 527 g/mol. The molecule has 4 rings (SSSR count). The lowest BCUT2D eigenvalue weighted by atomic mass is 9.89. The Morgan fingerprint density at radius 2 is 1.68 bits per heavy atom. The van der Waals surface area contributed by atoms with Crippen LogP contribution >= 0.6 is 12.2 Å². The molecule has 0 unspecified atom stereocenters. The first kappa shape index (κ1) is 27.7. The summed E-state index contributed by atoms with van der Waals surface area (Å²) in [7, 11) is 2.04. The molecule has 0 aliphatic carbocycles. The van der Waals surface area contributed by atoms with Crippen LogP contribution in [-0.4, -0.2) is 52.1 Å². The summed E-state index contributed by atoms with van der Waals surface area (Å²) in [5.74, 6) is -3.34. The van der Waals surface area contributed by atoms with Crippen molar-refractivity contribution in [2.75, 3.05) is 25.0 Å². The van der Waals surface area contributed by atoms with Crippen LogP contribution < -0.4 is 10.6 Å². The number of ketones is 1. The Kier molecular flexibility index (Phi) is 9.26. The number of aromatic hydroxyl groups is 1. The highest BCUT2D eigenvalue weighted by molar-refractivity contribution is 7.80. The maximum absolute atomic E-state index is 14.3. The highest BCUT2D eigenvalue weighted by Crippen LogP contribution is 2.31. The molecule has 4 N–H and O–H groups in total. The summed E-state index contributed by atoms with van der Waals surface area (Å²) >= 11 is 5.06. The van der Waals surface area contributed by atoms with Gasteiger partial charge in [0.05, 0.1) is 5.69 Å². The number of halogens is 2. The highest BCUT2D eigenvalue weighted by atomic mass is 32.1. The van der Waals surface area contributed by atoms with Gasteiger partial charge in [0.25, 0.3) is 0 Å². The minimum Gasteiger partial charge on any atom is -0.507 e. The Balaban J connectivity index is 0.000000319. The van der Waals surface area contributed by atoms with Gasteiger partial charge in [0.2, 0.25) is 0 Å². The molecule has 3 aromatic carbocycles. The van der Waals surface area contributed by atoms with Gasteiger partial charge in [-0.2, -0.15) is 0 Å². The van der Waals surface area contributed by atoms with Crippen molar-refractivity contribution in [1.29, 1.82) is 0 Å². The molecular weight excluding hydrogens is 500 g/mol. The first-order valence-electron chi connectivity index (χ1n) is 11.5. The first-order chi connectivity index (χ1) is 17.6. The van der Waals surface area contributed by atoms with Crippen LogP contribution in [0.2, 0.25) is 0 Å². The van der Waals surface area contributed by atoms with Crippen LogP contribution in [0.1, 0.15) is 33.6 Å². The van der Waals surface area contributed by atoms with E-state index in [-0.39, 0.29) is 33.8 Å². The van der Waals surface area contributed by atoms with Gasteiger partial charge in [0, 0.05) is 17.2 Å². The van der Waals surface area contributed by atoms with Crippen LogP contribution in [0.4, 0.5) is 20.2 Å². The zero-order valence-corrected chi connectivity index (χ0v) is 20.9. The van der Waals surface area contributed by atoms with E-state index in [9.17, 15) is 18.4 Å². The fourth-order valence-electron chi connectivity index (χ4n) is 4.01. The molecule has 0 bridgehead atoms. The number of carboxylic acids is 1. The number of anilines is 2. The van der Waals surface area contributed by atoms with Crippen LogP contribution in [0.5, 0.6) is 5.75 Å². The predicted octanol–water partition coefficient (Wildman–Crippen LogP) is 4.96. The van der Waals surface area contributed by atoms with E-state index in [1.807, 2.05) is 7.05 Å². The van der Waals surface area contributed by atoms with E-state index in [1.54, 1.807) is 36.4 Å². The topological polar surface area (TPSA) is 107 Å². The van der Waals surface area contributed by atoms with Crippen LogP contribution in [0.15, 0.2) is 66.7 Å². The van der Waals surface area contributed by atoms with Crippen LogP contribution in [0, 0.1) is 17.6 Å². The molecule has 1 aliphatic heterocycles. The summed E-state index contributed by atoms with van der Waals surface area (Å²) in [6, 6.07) is 16.3. The number of para-hydroxylation sites is 1.